The predicted molar refractivity (Wildman–Crippen MR) is 78.6 cm³/mol. The molecule has 0 spiro atoms. The molecule has 1 heterocycles. The van der Waals surface area contributed by atoms with Gasteiger partial charge in [0.1, 0.15) is 0 Å². The van der Waals surface area contributed by atoms with Crippen molar-refractivity contribution in [3.05, 3.63) is 29.3 Å². The molecular weight excluding hydrogens is 272 g/mol. The lowest BCUT2D eigenvalue weighted by atomic mass is 9.99. The molecule has 0 amide bonds. The van der Waals surface area contributed by atoms with Crippen molar-refractivity contribution in [2.24, 2.45) is 0 Å². The van der Waals surface area contributed by atoms with E-state index in [0.717, 1.165) is 24.9 Å². The zero-order chi connectivity index (χ0) is 15.4. The molecule has 0 aromatic heterocycles. The topological polar surface area (TPSA) is 81.1 Å². The zero-order valence-corrected chi connectivity index (χ0v) is 12.1. The SMILES string of the molecule is CN1CCCc2cc(CN(CC(=O)O)CC(=O)O)ccc21. The summed E-state index contributed by atoms with van der Waals surface area (Å²) in [7, 11) is 2.05. The van der Waals surface area contributed by atoms with Crippen LogP contribution in [0.4, 0.5) is 5.69 Å². The van der Waals surface area contributed by atoms with Gasteiger partial charge in [0.25, 0.3) is 0 Å². The van der Waals surface area contributed by atoms with Crippen LogP contribution in [0.15, 0.2) is 18.2 Å². The number of nitrogens with zero attached hydrogens (tertiary/aromatic N) is 2. The Morgan fingerprint density at radius 2 is 1.90 bits per heavy atom. The molecule has 2 N–H and O–H groups in total. The highest BCUT2D eigenvalue weighted by Crippen LogP contribution is 2.27. The van der Waals surface area contributed by atoms with Crippen LogP contribution in [0.5, 0.6) is 0 Å². The molecule has 6 nitrogen and oxygen atoms in total. The number of carboxylic acids is 2. The van der Waals surface area contributed by atoms with E-state index in [9.17, 15) is 9.59 Å². The number of hydrogen-bond donors (Lipinski definition) is 2. The van der Waals surface area contributed by atoms with Gasteiger partial charge in [-0.1, -0.05) is 12.1 Å². The largest absolute Gasteiger partial charge is 0.480 e. The maximum absolute atomic E-state index is 10.8. The van der Waals surface area contributed by atoms with Crippen LogP contribution >= 0.6 is 0 Å². The molecule has 0 atom stereocenters. The Morgan fingerprint density at radius 3 is 2.52 bits per heavy atom. The van der Waals surface area contributed by atoms with Crippen LogP contribution < -0.4 is 4.90 Å². The van der Waals surface area contributed by atoms with E-state index >= 15 is 0 Å². The summed E-state index contributed by atoms with van der Waals surface area (Å²) >= 11 is 0. The summed E-state index contributed by atoms with van der Waals surface area (Å²) in [6, 6.07) is 6.03. The van der Waals surface area contributed by atoms with E-state index in [4.69, 9.17) is 10.2 Å². The van der Waals surface area contributed by atoms with Crippen molar-refractivity contribution in [2.75, 3.05) is 31.6 Å². The Balaban J connectivity index is 2.13. The van der Waals surface area contributed by atoms with Gasteiger partial charge in [0.15, 0.2) is 0 Å². The minimum absolute atomic E-state index is 0.275. The van der Waals surface area contributed by atoms with Crippen molar-refractivity contribution in [2.45, 2.75) is 19.4 Å². The van der Waals surface area contributed by atoms with Crippen molar-refractivity contribution >= 4 is 17.6 Å². The number of rotatable bonds is 6. The van der Waals surface area contributed by atoms with Crippen molar-refractivity contribution in [3.8, 4) is 0 Å². The van der Waals surface area contributed by atoms with Gasteiger partial charge in [0.05, 0.1) is 13.1 Å². The Bertz CT molecular complexity index is 528. The third-order valence-electron chi connectivity index (χ3n) is 3.62. The molecule has 1 aromatic rings. The van der Waals surface area contributed by atoms with E-state index in [1.807, 2.05) is 12.1 Å². The van der Waals surface area contributed by atoms with Crippen LogP contribution in [0.25, 0.3) is 0 Å². The predicted octanol–water partition coefficient (Wildman–Crippen LogP) is 1.04. The summed E-state index contributed by atoms with van der Waals surface area (Å²) in [4.78, 5) is 25.3. The lowest BCUT2D eigenvalue weighted by Crippen LogP contribution is -2.34. The first-order chi connectivity index (χ1) is 9.95. The van der Waals surface area contributed by atoms with Crippen LogP contribution in [0.2, 0.25) is 0 Å². The van der Waals surface area contributed by atoms with E-state index in [0.29, 0.717) is 6.54 Å². The Labute approximate surface area is 123 Å². The third kappa shape index (κ3) is 4.19. The number of aliphatic carboxylic acids is 2. The number of hydrogen-bond acceptors (Lipinski definition) is 4. The Morgan fingerprint density at radius 1 is 1.24 bits per heavy atom. The summed E-state index contributed by atoms with van der Waals surface area (Å²) in [5.74, 6) is -2.04. The highest BCUT2D eigenvalue weighted by Gasteiger charge is 2.17. The molecule has 0 saturated carbocycles. The Kier molecular flexibility index (Phi) is 4.80. The summed E-state index contributed by atoms with van der Waals surface area (Å²) < 4.78 is 0. The minimum Gasteiger partial charge on any atom is -0.480 e. The van der Waals surface area contributed by atoms with Gasteiger partial charge in [-0.25, -0.2) is 0 Å². The summed E-state index contributed by atoms with van der Waals surface area (Å²) in [6.07, 6.45) is 2.10. The van der Waals surface area contributed by atoms with Gasteiger partial charge in [-0.15, -0.1) is 0 Å². The second kappa shape index (κ2) is 6.58. The van der Waals surface area contributed by atoms with Gasteiger partial charge >= 0.3 is 11.9 Å². The van der Waals surface area contributed by atoms with Crippen LogP contribution in [0.1, 0.15) is 17.5 Å². The normalized spacial score (nSPS) is 14.1. The Hall–Kier alpha value is -2.08. The van der Waals surface area contributed by atoms with Crippen LogP contribution in [-0.2, 0) is 22.6 Å². The molecule has 1 aliphatic heterocycles. The van der Waals surface area contributed by atoms with Crippen molar-refractivity contribution in [3.63, 3.8) is 0 Å². The summed E-state index contributed by atoms with van der Waals surface area (Å²) in [6.45, 7) is 0.818. The second-order valence-corrected chi connectivity index (χ2v) is 5.42. The number of aryl methyl sites for hydroxylation is 1. The third-order valence-corrected chi connectivity index (χ3v) is 3.62. The van der Waals surface area contributed by atoms with E-state index in [2.05, 4.69) is 18.0 Å². The number of fused-ring (bicyclic) bond motifs is 1. The average Bonchev–Trinajstić information content (AvgIpc) is 2.37. The first-order valence-electron chi connectivity index (χ1n) is 6.94. The first-order valence-corrected chi connectivity index (χ1v) is 6.94. The molecule has 1 aromatic carbocycles. The van der Waals surface area contributed by atoms with Gasteiger partial charge in [-0.2, -0.15) is 0 Å². The number of anilines is 1. The highest BCUT2D eigenvalue weighted by molar-refractivity contribution is 5.72. The molecule has 1 aliphatic rings. The van der Waals surface area contributed by atoms with E-state index < -0.39 is 11.9 Å². The average molecular weight is 292 g/mol. The van der Waals surface area contributed by atoms with Crippen molar-refractivity contribution in [1.82, 2.24) is 4.90 Å². The maximum Gasteiger partial charge on any atom is 0.317 e. The van der Waals surface area contributed by atoms with Gasteiger partial charge in [0, 0.05) is 25.8 Å². The second-order valence-electron chi connectivity index (χ2n) is 5.42. The van der Waals surface area contributed by atoms with Gasteiger partial charge < -0.3 is 15.1 Å². The zero-order valence-electron chi connectivity index (χ0n) is 12.1. The molecule has 0 aliphatic carbocycles. The van der Waals surface area contributed by atoms with Crippen molar-refractivity contribution < 1.29 is 19.8 Å². The molecule has 0 unspecified atom stereocenters. The van der Waals surface area contributed by atoms with Crippen LogP contribution in [-0.4, -0.2) is 53.7 Å². The molecule has 0 fully saturated rings. The van der Waals surface area contributed by atoms with Crippen molar-refractivity contribution in [1.29, 1.82) is 0 Å². The van der Waals surface area contributed by atoms with E-state index in [-0.39, 0.29) is 13.1 Å². The van der Waals surface area contributed by atoms with Gasteiger partial charge in [-0.3, -0.25) is 14.5 Å². The molecule has 6 heteroatoms. The quantitative estimate of drug-likeness (QED) is 0.815. The number of carbonyl (C=O) groups is 2. The van der Waals surface area contributed by atoms with E-state index in [1.54, 1.807) is 0 Å². The maximum atomic E-state index is 10.8. The fraction of sp³-hybridized carbons (Fsp3) is 0.467. The lowest BCUT2D eigenvalue weighted by Gasteiger charge is -2.28. The van der Waals surface area contributed by atoms with Gasteiger partial charge in [0.2, 0.25) is 0 Å². The summed E-state index contributed by atoms with van der Waals surface area (Å²) in [5.41, 5.74) is 3.39. The minimum atomic E-state index is -1.02. The molecule has 0 saturated heterocycles. The molecule has 0 bridgehead atoms. The van der Waals surface area contributed by atoms with Crippen LogP contribution in [0, 0.1) is 0 Å². The standard InChI is InChI=1S/C15H20N2O4/c1-16-6-2-3-12-7-11(4-5-13(12)16)8-17(9-14(18)19)10-15(20)21/h4-5,7H,2-3,6,8-10H2,1H3,(H,18,19)(H,20,21). The molecule has 21 heavy (non-hydrogen) atoms. The molecular formula is C15H20N2O4. The van der Waals surface area contributed by atoms with Gasteiger partial charge in [-0.05, 0) is 30.0 Å². The fourth-order valence-corrected chi connectivity index (χ4v) is 2.75. The highest BCUT2D eigenvalue weighted by atomic mass is 16.4. The monoisotopic (exact) mass is 292 g/mol. The smallest absolute Gasteiger partial charge is 0.317 e. The number of carboxylic acid groups (broad SMARTS) is 2. The first kappa shape index (κ1) is 15.3. The number of benzene rings is 1. The molecule has 114 valence electrons. The van der Waals surface area contributed by atoms with Crippen LogP contribution in [0.3, 0.4) is 0 Å². The lowest BCUT2D eigenvalue weighted by molar-refractivity contribution is -0.142. The fourth-order valence-electron chi connectivity index (χ4n) is 2.75. The molecule has 0 radical (unpaired) electrons. The summed E-state index contributed by atoms with van der Waals surface area (Å²) in [5, 5.41) is 17.7. The molecule has 2 rings (SSSR count). The van der Waals surface area contributed by atoms with E-state index in [1.165, 1.54) is 16.2 Å².